The average molecular weight is 370 g/mol. The van der Waals surface area contributed by atoms with E-state index < -0.39 is 0 Å². The van der Waals surface area contributed by atoms with Gasteiger partial charge in [0, 0.05) is 17.4 Å². The molecule has 1 aromatic carbocycles. The molecule has 0 saturated heterocycles. The maximum atomic E-state index is 12.7. The highest BCUT2D eigenvalue weighted by Crippen LogP contribution is 2.45. The highest BCUT2D eigenvalue weighted by atomic mass is 32.2. The molecule has 2 atom stereocenters. The molecular formula is C22H27NO2S. The summed E-state index contributed by atoms with van der Waals surface area (Å²) in [5.41, 5.74) is 7.26. The zero-order valence-corrected chi connectivity index (χ0v) is 16.5. The maximum absolute atomic E-state index is 12.7. The largest absolute Gasteiger partial charge is 0.482 e. The van der Waals surface area contributed by atoms with Gasteiger partial charge in [-0.2, -0.15) is 0 Å². The summed E-state index contributed by atoms with van der Waals surface area (Å²) in [7, 11) is 0. The van der Waals surface area contributed by atoms with Crippen LogP contribution in [-0.4, -0.2) is 11.9 Å². The van der Waals surface area contributed by atoms with Crippen molar-refractivity contribution < 1.29 is 9.53 Å². The van der Waals surface area contributed by atoms with Gasteiger partial charge in [0.05, 0.1) is 11.6 Å². The van der Waals surface area contributed by atoms with Gasteiger partial charge in [-0.3, -0.25) is 4.79 Å². The fourth-order valence-electron chi connectivity index (χ4n) is 5.18. The number of ketones is 1. The second-order valence-electron chi connectivity index (χ2n) is 8.89. The van der Waals surface area contributed by atoms with E-state index in [4.69, 9.17) is 4.74 Å². The quantitative estimate of drug-likeness (QED) is 0.764. The second kappa shape index (κ2) is 6.05. The minimum atomic E-state index is -0.213. The summed E-state index contributed by atoms with van der Waals surface area (Å²) in [5, 5.41) is 0.883. The average Bonchev–Trinajstić information content (AvgIpc) is 3.33. The lowest BCUT2D eigenvalue weighted by molar-refractivity contribution is -0.136. The molecule has 2 unspecified atom stereocenters. The van der Waals surface area contributed by atoms with Crippen LogP contribution in [0.3, 0.4) is 0 Å². The number of carbonyl (C=O) groups is 1. The van der Waals surface area contributed by atoms with E-state index in [1.165, 1.54) is 55.3 Å². The van der Waals surface area contributed by atoms with Crippen LogP contribution in [-0.2, 0) is 35.2 Å². The number of anilines is 1. The Bertz CT molecular complexity index is 779. The summed E-state index contributed by atoms with van der Waals surface area (Å²) in [4.78, 5) is 12.7. The first-order chi connectivity index (χ1) is 12.5. The first-order valence-corrected chi connectivity index (χ1v) is 10.9. The molecule has 3 aliphatic carbocycles. The minimum Gasteiger partial charge on any atom is -0.482 e. The van der Waals surface area contributed by atoms with Gasteiger partial charge in [-0.15, -0.1) is 0 Å². The van der Waals surface area contributed by atoms with Crippen molar-refractivity contribution in [1.82, 2.24) is 0 Å². The molecule has 1 N–H and O–H groups in total. The number of nitrogens with one attached hydrogen (secondary N) is 1. The Balaban J connectivity index is 1.37. The molecule has 1 heterocycles. The number of hydrogen-bond acceptors (Lipinski definition) is 4. The number of aryl methyl sites for hydroxylation is 2. The first-order valence-electron chi connectivity index (χ1n) is 10.0. The van der Waals surface area contributed by atoms with Crippen molar-refractivity contribution in [2.75, 3.05) is 4.72 Å². The molecule has 0 amide bonds. The van der Waals surface area contributed by atoms with Crippen LogP contribution in [0.5, 0.6) is 0 Å². The first kappa shape index (κ1) is 16.7. The van der Waals surface area contributed by atoms with Crippen LogP contribution in [0.15, 0.2) is 17.2 Å². The summed E-state index contributed by atoms with van der Waals surface area (Å²) < 4.78 is 9.77. The lowest BCUT2D eigenvalue weighted by Crippen LogP contribution is -2.41. The van der Waals surface area contributed by atoms with Crippen LogP contribution in [0, 0.1) is 11.3 Å². The standard InChI is InChI=1S/C22H27NO2S/c1-22(2)10-9-18-17(21(22)24)12-19(25-18)26-23-20-15-7-3-5-13(15)11-14-6-4-8-16(14)20/h11-12,17-18,23H,3-10H2,1-2H3. The summed E-state index contributed by atoms with van der Waals surface area (Å²) >= 11 is 1.57. The lowest BCUT2D eigenvalue weighted by atomic mass is 9.70. The Morgan fingerprint density at radius 1 is 1.12 bits per heavy atom. The van der Waals surface area contributed by atoms with Gasteiger partial charge in [-0.05, 0) is 79.7 Å². The number of ether oxygens (including phenoxy) is 1. The topological polar surface area (TPSA) is 38.3 Å². The van der Waals surface area contributed by atoms with Crippen molar-refractivity contribution in [2.45, 2.75) is 71.3 Å². The van der Waals surface area contributed by atoms with E-state index in [1.807, 2.05) is 0 Å². The Hall–Kier alpha value is -1.42. The van der Waals surface area contributed by atoms with Crippen molar-refractivity contribution >= 4 is 23.4 Å². The van der Waals surface area contributed by atoms with E-state index in [1.54, 1.807) is 23.1 Å². The summed E-state index contributed by atoms with van der Waals surface area (Å²) in [5.74, 6) is 0.279. The highest BCUT2D eigenvalue weighted by molar-refractivity contribution is 8.04. The van der Waals surface area contributed by atoms with Gasteiger partial charge in [0.25, 0.3) is 0 Å². The predicted octanol–water partition coefficient (Wildman–Crippen LogP) is 4.97. The molecule has 4 heteroatoms. The van der Waals surface area contributed by atoms with Crippen LogP contribution in [0.2, 0.25) is 0 Å². The van der Waals surface area contributed by atoms with Crippen LogP contribution in [0.25, 0.3) is 0 Å². The molecule has 26 heavy (non-hydrogen) atoms. The van der Waals surface area contributed by atoms with E-state index in [0.29, 0.717) is 5.78 Å². The third-order valence-electron chi connectivity index (χ3n) is 6.73. The molecule has 0 spiro atoms. The lowest BCUT2D eigenvalue weighted by Gasteiger charge is -2.34. The maximum Gasteiger partial charge on any atom is 0.170 e. The Labute approximate surface area is 160 Å². The van der Waals surface area contributed by atoms with E-state index in [9.17, 15) is 4.79 Å². The fraction of sp³-hybridized carbons (Fsp3) is 0.591. The number of Topliss-reactive ketones (excluding diaryl/α,β-unsaturated/α-hetero) is 1. The van der Waals surface area contributed by atoms with Crippen molar-refractivity contribution in [3.05, 3.63) is 39.5 Å². The van der Waals surface area contributed by atoms with Crippen LogP contribution in [0.4, 0.5) is 5.69 Å². The molecule has 1 aromatic rings. The second-order valence-corrected chi connectivity index (χ2v) is 9.70. The SMILES string of the molecule is CC1(C)CCC2OC(SNc3c4c(cc5c3CCC5)CCC4)=CC2C1=O. The molecule has 138 valence electrons. The van der Waals surface area contributed by atoms with Gasteiger partial charge in [-0.25, -0.2) is 0 Å². The molecule has 4 aliphatic rings. The van der Waals surface area contributed by atoms with Crippen molar-refractivity contribution in [2.24, 2.45) is 11.3 Å². The van der Waals surface area contributed by atoms with Gasteiger partial charge in [0.2, 0.25) is 0 Å². The smallest absolute Gasteiger partial charge is 0.170 e. The molecule has 0 aromatic heterocycles. The van der Waals surface area contributed by atoms with Gasteiger partial charge in [-0.1, -0.05) is 19.9 Å². The number of rotatable bonds is 3. The molecule has 5 rings (SSSR count). The molecule has 1 saturated carbocycles. The number of carbonyl (C=O) groups excluding carboxylic acids is 1. The summed E-state index contributed by atoms with van der Waals surface area (Å²) in [6, 6.07) is 2.46. The fourth-order valence-corrected chi connectivity index (χ4v) is 6.01. The van der Waals surface area contributed by atoms with Crippen LogP contribution < -0.4 is 4.72 Å². The third-order valence-corrected chi connectivity index (χ3v) is 7.47. The van der Waals surface area contributed by atoms with Crippen molar-refractivity contribution in [3.8, 4) is 0 Å². The molecule has 3 nitrogen and oxygen atoms in total. The van der Waals surface area contributed by atoms with Crippen molar-refractivity contribution in [1.29, 1.82) is 0 Å². The molecular weight excluding hydrogens is 342 g/mol. The van der Waals surface area contributed by atoms with Crippen molar-refractivity contribution in [3.63, 3.8) is 0 Å². The molecule has 1 fully saturated rings. The van der Waals surface area contributed by atoms with E-state index in [-0.39, 0.29) is 17.4 Å². The van der Waals surface area contributed by atoms with E-state index >= 15 is 0 Å². The third kappa shape index (κ3) is 2.60. The number of benzene rings is 1. The van der Waals surface area contributed by atoms with Crippen LogP contribution >= 0.6 is 11.9 Å². The van der Waals surface area contributed by atoms with E-state index in [2.05, 4.69) is 30.7 Å². The van der Waals surface area contributed by atoms with Gasteiger partial charge >= 0.3 is 0 Å². The zero-order valence-electron chi connectivity index (χ0n) is 15.7. The summed E-state index contributed by atoms with van der Waals surface area (Å²) in [6.07, 6.45) is 11.3. The predicted molar refractivity (Wildman–Crippen MR) is 106 cm³/mol. The van der Waals surface area contributed by atoms with E-state index in [0.717, 1.165) is 17.9 Å². The highest BCUT2D eigenvalue weighted by Gasteiger charge is 2.46. The molecule has 1 aliphatic heterocycles. The van der Waals surface area contributed by atoms with Gasteiger partial charge < -0.3 is 9.46 Å². The Morgan fingerprint density at radius 2 is 1.81 bits per heavy atom. The Kier molecular flexibility index (Phi) is 3.89. The number of fused-ring (bicyclic) bond motifs is 3. The van der Waals surface area contributed by atoms with Gasteiger partial charge in [0.1, 0.15) is 11.9 Å². The molecule has 0 radical (unpaired) electrons. The normalized spacial score (nSPS) is 28.2. The summed E-state index contributed by atoms with van der Waals surface area (Å²) in [6.45, 7) is 4.14. The van der Waals surface area contributed by atoms with Crippen LogP contribution in [0.1, 0.15) is 61.8 Å². The van der Waals surface area contributed by atoms with Gasteiger partial charge in [0.15, 0.2) is 5.09 Å². The zero-order chi connectivity index (χ0) is 17.9. The Morgan fingerprint density at radius 3 is 2.50 bits per heavy atom. The number of hydrogen-bond donors (Lipinski definition) is 1. The minimum absolute atomic E-state index is 0.0482. The molecule has 0 bridgehead atoms. The monoisotopic (exact) mass is 369 g/mol.